The van der Waals surface area contributed by atoms with E-state index in [0.29, 0.717) is 11.8 Å². The molecule has 8 heteroatoms. The Morgan fingerprint density at radius 1 is 1.07 bits per heavy atom. The van der Waals surface area contributed by atoms with Gasteiger partial charge in [0, 0.05) is 42.0 Å². The summed E-state index contributed by atoms with van der Waals surface area (Å²) in [5.41, 5.74) is 2.11. The van der Waals surface area contributed by atoms with Crippen LogP contribution in [0.3, 0.4) is 0 Å². The van der Waals surface area contributed by atoms with E-state index in [9.17, 15) is 18.4 Å². The molecule has 4 rings (SSSR count). The first-order chi connectivity index (χ1) is 14.5. The van der Waals surface area contributed by atoms with Gasteiger partial charge in [0.25, 0.3) is 5.91 Å². The van der Waals surface area contributed by atoms with Gasteiger partial charge in [0.1, 0.15) is 17.5 Å². The highest BCUT2D eigenvalue weighted by Crippen LogP contribution is 2.24. The lowest BCUT2D eigenvalue weighted by atomic mass is 10.1. The molecule has 3 aromatic rings. The van der Waals surface area contributed by atoms with Gasteiger partial charge in [0.15, 0.2) is 0 Å². The number of hydrogen-bond donors (Lipinski definition) is 2. The minimum Gasteiger partial charge on any atom is -0.343 e. The fraction of sp³-hybridized carbons (Fsp3) is 0.227. The second-order valence-corrected chi connectivity index (χ2v) is 7.16. The Bertz CT molecular complexity index is 1070. The Kier molecular flexibility index (Phi) is 5.56. The number of hydrogen-bond acceptors (Lipinski definition) is 3. The van der Waals surface area contributed by atoms with Gasteiger partial charge in [0.2, 0.25) is 5.91 Å². The zero-order valence-corrected chi connectivity index (χ0v) is 16.1. The highest BCUT2D eigenvalue weighted by Gasteiger charge is 2.14. The highest BCUT2D eigenvalue weighted by atomic mass is 19.1. The summed E-state index contributed by atoms with van der Waals surface area (Å²) in [5, 5.41) is 5.06. The van der Waals surface area contributed by atoms with Crippen LogP contribution < -0.4 is 10.6 Å². The summed E-state index contributed by atoms with van der Waals surface area (Å²) in [6, 6.07) is 9.78. The largest absolute Gasteiger partial charge is 0.343 e. The maximum atomic E-state index is 13.2. The van der Waals surface area contributed by atoms with Crippen LogP contribution in [0.5, 0.6) is 0 Å². The van der Waals surface area contributed by atoms with Gasteiger partial charge in [-0.05, 0) is 37.1 Å². The molecule has 2 N–H and O–H groups in total. The molecular formula is C22H20F2N4O2. The predicted molar refractivity (Wildman–Crippen MR) is 108 cm³/mol. The van der Waals surface area contributed by atoms with E-state index in [1.54, 1.807) is 6.07 Å². The summed E-state index contributed by atoms with van der Waals surface area (Å²) in [7, 11) is 0. The van der Waals surface area contributed by atoms with E-state index in [2.05, 4.69) is 20.2 Å². The molecule has 1 aromatic heterocycles. The molecule has 0 saturated carbocycles. The van der Waals surface area contributed by atoms with E-state index in [1.807, 2.05) is 24.4 Å². The van der Waals surface area contributed by atoms with Gasteiger partial charge in [-0.2, -0.15) is 0 Å². The zero-order valence-electron chi connectivity index (χ0n) is 16.1. The van der Waals surface area contributed by atoms with Crippen LogP contribution in [0.1, 0.15) is 29.0 Å². The van der Waals surface area contributed by atoms with Crippen molar-refractivity contribution in [2.45, 2.75) is 25.8 Å². The number of nitrogens with one attached hydrogen (secondary N) is 2. The van der Waals surface area contributed by atoms with E-state index in [0.717, 1.165) is 55.0 Å². The van der Waals surface area contributed by atoms with Crippen LogP contribution in [0.15, 0.2) is 48.7 Å². The van der Waals surface area contributed by atoms with Gasteiger partial charge in [0.05, 0.1) is 12.2 Å². The fourth-order valence-corrected chi connectivity index (χ4v) is 3.46. The normalized spacial score (nSPS) is 12.9. The standard InChI is InChI=1S/C22H20F2N4O2/c23-16-8-15(9-17(24)11-16)22(30)25-12-21(29)26-18-5-3-4-14(10-18)19-13-28-7-2-1-6-20(28)27-19/h3-5,8-11,13H,1-2,6-7,12H2,(H,25,30)(H,26,29). The lowest BCUT2D eigenvalue weighted by Gasteiger charge is -2.11. The van der Waals surface area contributed by atoms with Gasteiger partial charge in [-0.3, -0.25) is 9.59 Å². The van der Waals surface area contributed by atoms with Crippen LogP contribution in [0, 0.1) is 11.6 Å². The molecule has 2 heterocycles. The number of imidazole rings is 1. The molecule has 0 bridgehead atoms. The van der Waals surface area contributed by atoms with Crippen LogP contribution in [0.4, 0.5) is 14.5 Å². The Morgan fingerprint density at radius 3 is 2.63 bits per heavy atom. The number of halogens is 2. The number of aromatic nitrogens is 2. The summed E-state index contributed by atoms with van der Waals surface area (Å²) < 4.78 is 28.6. The Hall–Kier alpha value is -3.55. The van der Waals surface area contributed by atoms with Gasteiger partial charge in [-0.25, -0.2) is 13.8 Å². The number of benzene rings is 2. The van der Waals surface area contributed by atoms with Gasteiger partial charge >= 0.3 is 0 Å². The first-order valence-corrected chi connectivity index (χ1v) is 9.68. The monoisotopic (exact) mass is 410 g/mol. The van der Waals surface area contributed by atoms with Gasteiger partial charge < -0.3 is 15.2 Å². The summed E-state index contributed by atoms with van der Waals surface area (Å²) in [6.07, 6.45) is 5.27. The minimum absolute atomic E-state index is 0.189. The Labute approximate surface area is 171 Å². The number of amides is 2. The van der Waals surface area contributed by atoms with Crippen molar-refractivity contribution in [3.8, 4) is 11.3 Å². The average Bonchev–Trinajstić information content (AvgIpc) is 3.16. The number of aryl methyl sites for hydroxylation is 2. The SMILES string of the molecule is O=C(CNC(=O)c1cc(F)cc(F)c1)Nc1cccc(-c2cn3c(n2)CCCC3)c1. The predicted octanol–water partition coefficient (Wildman–Crippen LogP) is 3.53. The highest BCUT2D eigenvalue weighted by molar-refractivity contribution is 5.99. The van der Waals surface area contributed by atoms with Crippen LogP contribution in [-0.4, -0.2) is 27.9 Å². The number of carbonyl (C=O) groups is 2. The quantitative estimate of drug-likeness (QED) is 0.676. The second-order valence-electron chi connectivity index (χ2n) is 7.16. The molecule has 30 heavy (non-hydrogen) atoms. The number of carbonyl (C=O) groups excluding carboxylic acids is 2. The molecule has 0 unspecified atom stereocenters. The molecule has 6 nitrogen and oxygen atoms in total. The Balaban J connectivity index is 1.38. The molecule has 0 saturated heterocycles. The van der Waals surface area contributed by atoms with Crippen LogP contribution >= 0.6 is 0 Å². The van der Waals surface area contributed by atoms with E-state index >= 15 is 0 Å². The lowest BCUT2D eigenvalue weighted by Crippen LogP contribution is -2.33. The minimum atomic E-state index is -0.859. The van der Waals surface area contributed by atoms with Crippen LogP contribution in [-0.2, 0) is 17.8 Å². The summed E-state index contributed by atoms with van der Waals surface area (Å²) >= 11 is 0. The average molecular weight is 410 g/mol. The summed E-state index contributed by atoms with van der Waals surface area (Å²) in [6.45, 7) is 0.633. The molecule has 0 atom stereocenters. The maximum Gasteiger partial charge on any atom is 0.251 e. The van der Waals surface area contributed by atoms with Crippen molar-refractivity contribution in [3.05, 3.63) is 71.7 Å². The van der Waals surface area contributed by atoms with Crippen molar-refractivity contribution in [2.75, 3.05) is 11.9 Å². The van der Waals surface area contributed by atoms with E-state index < -0.39 is 23.4 Å². The molecule has 1 aliphatic heterocycles. The summed E-state index contributed by atoms with van der Waals surface area (Å²) in [5.74, 6) is -1.84. The van der Waals surface area contributed by atoms with E-state index in [4.69, 9.17) is 0 Å². The molecule has 0 fully saturated rings. The number of nitrogens with zero attached hydrogens (tertiary/aromatic N) is 2. The van der Waals surface area contributed by atoms with Crippen molar-refractivity contribution in [1.29, 1.82) is 0 Å². The maximum absolute atomic E-state index is 13.2. The fourth-order valence-electron chi connectivity index (χ4n) is 3.46. The van der Waals surface area contributed by atoms with Gasteiger partial charge in [-0.15, -0.1) is 0 Å². The van der Waals surface area contributed by atoms with E-state index in [-0.39, 0.29) is 12.1 Å². The molecule has 1 aliphatic rings. The first-order valence-electron chi connectivity index (χ1n) is 9.68. The Morgan fingerprint density at radius 2 is 1.87 bits per heavy atom. The van der Waals surface area contributed by atoms with Crippen molar-refractivity contribution >= 4 is 17.5 Å². The molecule has 0 spiro atoms. The summed E-state index contributed by atoms with van der Waals surface area (Å²) in [4.78, 5) is 28.9. The second kappa shape index (κ2) is 8.44. The van der Waals surface area contributed by atoms with E-state index in [1.165, 1.54) is 0 Å². The molecule has 0 aliphatic carbocycles. The number of anilines is 1. The molecular weight excluding hydrogens is 390 g/mol. The van der Waals surface area contributed by atoms with Crippen LogP contribution in [0.25, 0.3) is 11.3 Å². The third kappa shape index (κ3) is 4.53. The number of rotatable bonds is 5. The van der Waals surface area contributed by atoms with Crippen molar-refractivity contribution in [3.63, 3.8) is 0 Å². The molecule has 0 radical (unpaired) electrons. The third-order valence-electron chi connectivity index (χ3n) is 4.88. The topological polar surface area (TPSA) is 76.0 Å². The molecule has 154 valence electrons. The van der Waals surface area contributed by atoms with Crippen LogP contribution in [0.2, 0.25) is 0 Å². The van der Waals surface area contributed by atoms with Gasteiger partial charge in [-0.1, -0.05) is 12.1 Å². The smallest absolute Gasteiger partial charge is 0.251 e. The van der Waals surface area contributed by atoms with Crippen molar-refractivity contribution < 1.29 is 18.4 Å². The number of fused-ring (bicyclic) bond motifs is 1. The van der Waals surface area contributed by atoms with Crippen molar-refractivity contribution in [1.82, 2.24) is 14.9 Å². The lowest BCUT2D eigenvalue weighted by molar-refractivity contribution is -0.115. The first kappa shape index (κ1) is 19.8. The molecule has 2 aromatic carbocycles. The zero-order chi connectivity index (χ0) is 21.1. The third-order valence-corrected chi connectivity index (χ3v) is 4.88. The van der Waals surface area contributed by atoms with Crippen molar-refractivity contribution in [2.24, 2.45) is 0 Å². The molecule has 2 amide bonds.